The van der Waals surface area contributed by atoms with Crippen molar-refractivity contribution in [3.8, 4) is 0 Å². The molecule has 0 saturated heterocycles. The SMILES string of the molecule is CC(Cc1ccccc1)NC(=O)Cc1ccccc1. The molecule has 0 aliphatic heterocycles. The Morgan fingerprint density at radius 2 is 1.47 bits per heavy atom. The van der Waals surface area contributed by atoms with Crippen LogP contribution in [-0.2, 0) is 17.6 Å². The van der Waals surface area contributed by atoms with E-state index in [-0.39, 0.29) is 11.9 Å². The van der Waals surface area contributed by atoms with Crippen molar-refractivity contribution in [2.24, 2.45) is 0 Å². The Morgan fingerprint density at radius 1 is 0.947 bits per heavy atom. The van der Waals surface area contributed by atoms with Crippen molar-refractivity contribution in [1.82, 2.24) is 5.32 Å². The average Bonchev–Trinajstić information content (AvgIpc) is 2.40. The lowest BCUT2D eigenvalue weighted by Gasteiger charge is -2.14. The zero-order valence-electron chi connectivity index (χ0n) is 11.2. The summed E-state index contributed by atoms with van der Waals surface area (Å²) in [5.41, 5.74) is 2.29. The van der Waals surface area contributed by atoms with Crippen LogP contribution in [0.3, 0.4) is 0 Å². The molecule has 0 heterocycles. The van der Waals surface area contributed by atoms with Gasteiger partial charge in [0, 0.05) is 6.04 Å². The molecule has 1 amide bonds. The van der Waals surface area contributed by atoms with Gasteiger partial charge in [0.2, 0.25) is 5.91 Å². The van der Waals surface area contributed by atoms with Gasteiger partial charge in [0.05, 0.1) is 6.42 Å². The number of rotatable bonds is 5. The van der Waals surface area contributed by atoms with Crippen LogP contribution < -0.4 is 5.32 Å². The van der Waals surface area contributed by atoms with Crippen LogP contribution in [-0.4, -0.2) is 11.9 Å². The summed E-state index contributed by atoms with van der Waals surface area (Å²) in [5, 5.41) is 3.04. The van der Waals surface area contributed by atoms with Crippen LogP contribution in [0.1, 0.15) is 18.1 Å². The molecule has 2 aromatic carbocycles. The lowest BCUT2D eigenvalue weighted by atomic mass is 10.1. The predicted molar refractivity (Wildman–Crippen MR) is 77.9 cm³/mol. The lowest BCUT2D eigenvalue weighted by molar-refractivity contribution is -0.121. The Kier molecular flexibility index (Phi) is 4.73. The van der Waals surface area contributed by atoms with Gasteiger partial charge in [0.25, 0.3) is 0 Å². The van der Waals surface area contributed by atoms with Crippen molar-refractivity contribution in [2.75, 3.05) is 0 Å². The van der Waals surface area contributed by atoms with Gasteiger partial charge >= 0.3 is 0 Å². The average molecular weight is 253 g/mol. The van der Waals surface area contributed by atoms with Crippen LogP contribution in [0.25, 0.3) is 0 Å². The van der Waals surface area contributed by atoms with Gasteiger partial charge in [-0.2, -0.15) is 0 Å². The zero-order valence-corrected chi connectivity index (χ0v) is 11.2. The first-order chi connectivity index (χ1) is 9.24. The molecule has 2 heteroatoms. The van der Waals surface area contributed by atoms with Crippen LogP contribution in [0.5, 0.6) is 0 Å². The first kappa shape index (κ1) is 13.3. The van der Waals surface area contributed by atoms with E-state index in [4.69, 9.17) is 0 Å². The number of amides is 1. The molecule has 0 aliphatic carbocycles. The minimum Gasteiger partial charge on any atom is -0.353 e. The predicted octanol–water partition coefficient (Wildman–Crippen LogP) is 2.98. The second-order valence-electron chi connectivity index (χ2n) is 4.82. The molecule has 0 saturated carbocycles. The molecule has 0 aliphatic rings. The number of hydrogen-bond donors (Lipinski definition) is 1. The van der Waals surface area contributed by atoms with Gasteiger partial charge in [0.15, 0.2) is 0 Å². The molecule has 1 unspecified atom stereocenters. The van der Waals surface area contributed by atoms with Crippen molar-refractivity contribution >= 4 is 5.91 Å². The second kappa shape index (κ2) is 6.74. The summed E-state index contributed by atoms with van der Waals surface area (Å²) < 4.78 is 0. The monoisotopic (exact) mass is 253 g/mol. The Hall–Kier alpha value is -2.09. The first-order valence-corrected chi connectivity index (χ1v) is 6.61. The maximum Gasteiger partial charge on any atom is 0.224 e. The summed E-state index contributed by atoms with van der Waals surface area (Å²) in [4.78, 5) is 11.9. The van der Waals surface area contributed by atoms with Crippen molar-refractivity contribution in [3.63, 3.8) is 0 Å². The summed E-state index contributed by atoms with van der Waals surface area (Å²) in [6, 6.07) is 20.2. The Morgan fingerprint density at radius 3 is 2.05 bits per heavy atom. The van der Waals surface area contributed by atoms with E-state index < -0.39 is 0 Å². The lowest BCUT2D eigenvalue weighted by Crippen LogP contribution is -2.35. The molecule has 0 aromatic heterocycles. The molecule has 0 spiro atoms. The highest BCUT2D eigenvalue weighted by molar-refractivity contribution is 5.78. The fourth-order valence-electron chi connectivity index (χ4n) is 2.13. The number of nitrogens with one attached hydrogen (secondary N) is 1. The van der Waals surface area contributed by atoms with E-state index in [1.807, 2.05) is 55.5 Å². The summed E-state index contributed by atoms with van der Waals surface area (Å²) in [5.74, 6) is 0.0784. The van der Waals surface area contributed by atoms with Crippen molar-refractivity contribution in [2.45, 2.75) is 25.8 Å². The molecule has 1 atom stereocenters. The van der Waals surface area contributed by atoms with Gasteiger partial charge in [-0.05, 0) is 24.5 Å². The third kappa shape index (κ3) is 4.59. The number of carbonyl (C=O) groups is 1. The van der Waals surface area contributed by atoms with E-state index in [1.54, 1.807) is 0 Å². The van der Waals surface area contributed by atoms with Crippen LogP contribution in [0.4, 0.5) is 0 Å². The van der Waals surface area contributed by atoms with Crippen LogP contribution in [0, 0.1) is 0 Å². The first-order valence-electron chi connectivity index (χ1n) is 6.61. The molecule has 98 valence electrons. The highest BCUT2D eigenvalue weighted by Crippen LogP contribution is 2.04. The highest BCUT2D eigenvalue weighted by atomic mass is 16.1. The van der Waals surface area contributed by atoms with E-state index >= 15 is 0 Å². The summed E-state index contributed by atoms with van der Waals surface area (Å²) in [7, 11) is 0. The van der Waals surface area contributed by atoms with Gasteiger partial charge in [0.1, 0.15) is 0 Å². The Balaban J connectivity index is 1.82. The zero-order chi connectivity index (χ0) is 13.5. The molecular formula is C17H19NO. The maximum absolute atomic E-state index is 11.9. The minimum atomic E-state index is 0.0784. The quantitative estimate of drug-likeness (QED) is 0.872. The summed E-state index contributed by atoms with van der Waals surface area (Å²) in [6.45, 7) is 2.04. The van der Waals surface area contributed by atoms with E-state index in [1.165, 1.54) is 5.56 Å². The smallest absolute Gasteiger partial charge is 0.224 e. The van der Waals surface area contributed by atoms with E-state index in [0.717, 1.165) is 12.0 Å². The molecule has 0 bridgehead atoms. The molecule has 0 radical (unpaired) electrons. The number of carbonyl (C=O) groups excluding carboxylic acids is 1. The Labute approximate surface area is 114 Å². The summed E-state index contributed by atoms with van der Waals surface area (Å²) in [6.07, 6.45) is 1.31. The van der Waals surface area contributed by atoms with Gasteiger partial charge in [-0.25, -0.2) is 0 Å². The molecular weight excluding hydrogens is 234 g/mol. The van der Waals surface area contributed by atoms with Gasteiger partial charge in [-0.1, -0.05) is 60.7 Å². The molecule has 2 nitrogen and oxygen atoms in total. The van der Waals surface area contributed by atoms with Crippen molar-refractivity contribution < 1.29 is 4.79 Å². The fraction of sp³-hybridized carbons (Fsp3) is 0.235. The third-order valence-corrected chi connectivity index (χ3v) is 3.00. The van der Waals surface area contributed by atoms with Crippen LogP contribution >= 0.6 is 0 Å². The largest absolute Gasteiger partial charge is 0.353 e. The van der Waals surface area contributed by atoms with Gasteiger partial charge in [-0.3, -0.25) is 4.79 Å². The summed E-state index contributed by atoms with van der Waals surface area (Å²) >= 11 is 0. The van der Waals surface area contributed by atoms with Crippen LogP contribution in [0.2, 0.25) is 0 Å². The minimum absolute atomic E-state index is 0.0784. The van der Waals surface area contributed by atoms with Crippen LogP contribution in [0.15, 0.2) is 60.7 Å². The van der Waals surface area contributed by atoms with E-state index in [9.17, 15) is 4.79 Å². The molecule has 2 rings (SSSR count). The molecule has 1 N–H and O–H groups in total. The second-order valence-corrected chi connectivity index (χ2v) is 4.82. The van der Waals surface area contributed by atoms with E-state index in [0.29, 0.717) is 6.42 Å². The molecule has 0 fully saturated rings. The van der Waals surface area contributed by atoms with E-state index in [2.05, 4.69) is 17.4 Å². The number of benzene rings is 2. The van der Waals surface area contributed by atoms with Gasteiger partial charge in [-0.15, -0.1) is 0 Å². The number of hydrogen-bond acceptors (Lipinski definition) is 1. The third-order valence-electron chi connectivity index (χ3n) is 3.00. The Bertz CT molecular complexity index is 507. The fourth-order valence-corrected chi connectivity index (χ4v) is 2.13. The molecule has 19 heavy (non-hydrogen) atoms. The standard InChI is InChI=1S/C17H19NO/c1-14(12-15-8-4-2-5-9-15)18-17(19)13-16-10-6-3-7-11-16/h2-11,14H,12-13H2,1H3,(H,18,19). The molecule has 2 aromatic rings. The van der Waals surface area contributed by atoms with Crippen molar-refractivity contribution in [3.05, 3.63) is 71.8 Å². The van der Waals surface area contributed by atoms with Gasteiger partial charge < -0.3 is 5.32 Å². The van der Waals surface area contributed by atoms with Crippen molar-refractivity contribution in [1.29, 1.82) is 0 Å². The topological polar surface area (TPSA) is 29.1 Å². The maximum atomic E-state index is 11.9. The normalized spacial score (nSPS) is 11.8. The highest BCUT2D eigenvalue weighted by Gasteiger charge is 2.08.